The van der Waals surface area contributed by atoms with Crippen LogP contribution in [0.25, 0.3) is 0 Å². The Balaban J connectivity index is 2.25. The number of esters is 2. The lowest BCUT2D eigenvalue weighted by Crippen LogP contribution is -2.42. The van der Waals surface area contributed by atoms with Crippen LogP contribution >= 0.6 is 23.5 Å². The molecule has 0 aromatic heterocycles. The van der Waals surface area contributed by atoms with E-state index in [1.165, 1.54) is 37.7 Å². The quantitative estimate of drug-likeness (QED) is 0.766. The number of nitrogens with zero attached hydrogens (tertiary/aromatic N) is 1. The Morgan fingerprint density at radius 3 is 2.42 bits per heavy atom. The van der Waals surface area contributed by atoms with Crippen molar-refractivity contribution in [3.8, 4) is 0 Å². The van der Waals surface area contributed by atoms with Crippen LogP contribution in [0.5, 0.6) is 0 Å². The monoisotopic (exact) mass is 363 g/mol. The van der Waals surface area contributed by atoms with Gasteiger partial charge in [-0.2, -0.15) is 0 Å². The van der Waals surface area contributed by atoms with Crippen molar-refractivity contribution in [2.45, 2.75) is 9.77 Å². The number of methoxy groups -OCH3 is 2. The molecule has 1 heterocycles. The van der Waals surface area contributed by atoms with Crippen molar-refractivity contribution in [1.29, 1.82) is 0 Å². The molecular formula is C17H17NO4S2. The van der Waals surface area contributed by atoms with E-state index in [4.69, 9.17) is 9.47 Å². The SMILES string of the molecule is COC(=O)C1=C(C(=O)OC)C2(C=C1SC)Sc1ccccc1N2C. The number of anilines is 1. The summed E-state index contributed by atoms with van der Waals surface area (Å²) in [4.78, 5) is 27.9. The first-order valence-corrected chi connectivity index (χ1v) is 9.24. The Kier molecular flexibility index (Phi) is 4.40. The van der Waals surface area contributed by atoms with Gasteiger partial charge < -0.3 is 14.4 Å². The van der Waals surface area contributed by atoms with Crippen LogP contribution < -0.4 is 4.90 Å². The summed E-state index contributed by atoms with van der Waals surface area (Å²) in [6.07, 6.45) is 3.82. The van der Waals surface area contributed by atoms with Gasteiger partial charge >= 0.3 is 11.9 Å². The van der Waals surface area contributed by atoms with Crippen molar-refractivity contribution in [2.24, 2.45) is 0 Å². The van der Waals surface area contributed by atoms with Crippen LogP contribution in [0.4, 0.5) is 5.69 Å². The molecule has 1 atom stereocenters. The van der Waals surface area contributed by atoms with Gasteiger partial charge in [-0.15, -0.1) is 11.8 Å². The Labute approximate surface area is 149 Å². The molecule has 7 heteroatoms. The summed E-state index contributed by atoms with van der Waals surface area (Å²) in [7, 11) is 4.55. The van der Waals surface area contributed by atoms with Gasteiger partial charge in [0.15, 0.2) is 0 Å². The molecule has 3 rings (SSSR count). The van der Waals surface area contributed by atoms with E-state index < -0.39 is 16.8 Å². The second kappa shape index (κ2) is 6.22. The summed E-state index contributed by atoms with van der Waals surface area (Å²) in [6.45, 7) is 0. The molecule has 2 aliphatic rings. The third-order valence-electron chi connectivity index (χ3n) is 4.17. The Morgan fingerprint density at radius 1 is 1.17 bits per heavy atom. The molecule has 0 saturated heterocycles. The largest absolute Gasteiger partial charge is 0.466 e. The van der Waals surface area contributed by atoms with Gasteiger partial charge in [-0.3, -0.25) is 0 Å². The van der Waals surface area contributed by atoms with E-state index in [0.29, 0.717) is 5.57 Å². The lowest BCUT2D eigenvalue weighted by Gasteiger charge is -2.33. The molecule has 5 nitrogen and oxygen atoms in total. The van der Waals surface area contributed by atoms with Crippen LogP contribution in [0.1, 0.15) is 0 Å². The molecule has 1 unspecified atom stereocenters. The maximum absolute atomic E-state index is 12.6. The fourth-order valence-corrected chi connectivity index (χ4v) is 5.26. The zero-order valence-electron chi connectivity index (χ0n) is 13.8. The highest BCUT2D eigenvalue weighted by atomic mass is 32.2. The van der Waals surface area contributed by atoms with Gasteiger partial charge in [-0.25, -0.2) is 9.59 Å². The highest BCUT2D eigenvalue weighted by Gasteiger charge is 2.54. The number of hydrogen-bond donors (Lipinski definition) is 0. The number of hydrogen-bond acceptors (Lipinski definition) is 7. The van der Waals surface area contributed by atoms with E-state index in [-0.39, 0.29) is 5.57 Å². The normalized spacial score (nSPS) is 21.8. The molecular weight excluding hydrogens is 346 g/mol. The summed E-state index contributed by atoms with van der Waals surface area (Å²) in [5.74, 6) is -1.05. The molecule has 0 bridgehead atoms. The number of carbonyl (C=O) groups excluding carboxylic acids is 2. The predicted octanol–water partition coefficient (Wildman–Crippen LogP) is 2.83. The van der Waals surface area contributed by atoms with Gasteiger partial charge in [-0.05, 0) is 24.5 Å². The lowest BCUT2D eigenvalue weighted by atomic mass is 10.0. The van der Waals surface area contributed by atoms with E-state index in [1.807, 2.05) is 48.5 Å². The Bertz CT molecular complexity index is 787. The van der Waals surface area contributed by atoms with Crippen LogP contribution in [0, 0.1) is 0 Å². The second-order valence-corrected chi connectivity index (χ2v) is 7.39. The number of thioether (sulfide) groups is 2. The zero-order chi connectivity index (χ0) is 17.5. The third kappa shape index (κ3) is 2.26. The number of likely N-dealkylation sites (N-methyl/N-ethyl adjacent to an activating group) is 1. The average molecular weight is 363 g/mol. The van der Waals surface area contributed by atoms with Gasteiger partial charge in [-0.1, -0.05) is 23.9 Å². The molecule has 126 valence electrons. The van der Waals surface area contributed by atoms with E-state index in [1.54, 1.807) is 0 Å². The van der Waals surface area contributed by atoms with Crippen molar-refractivity contribution >= 4 is 41.1 Å². The average Bonchev–Trinajstić information content (AvgIpc) is 3.09. The van der Waals surface area contributed by atoms with Crippen molar-refractivity contribution in [2.75, 3.05) is 32.4 Å². The summed E-state index contributed by atoms with van der Waals surface area (Å²) in [5.41, 5.74) is 1.60. The Hall–Kier alpha value is -1.86. The van der Waals surface area contributed by atoms with E-state index >= 15 is 0 Å². The first-order chi connectivity index (χ1) is 11.5. The summed E-state index contributed by atoms with van der Waals surface area (Å²) < 4.78 is 9.92. The van der Waals surface area contributed by atoms with Crippen molar-refractivity contribution in [3.05, 3.63) is 46.4 Å². The first-order valence-electron chi connectivity index (χ1n) is 7.20. The minimum Gasteiger partial charge on any atom is -0.466 e. The van der Waals surface area contributed by atoms with Gasteiger partial charge in [0.25, 0.3) is 0 Å². The molecule has 0 amide bonds. The number of para-hydroxylation sites is 1. The Morgan fingerprint density at radius 2 is 1.83 bits per heavy atom. The zero-order valence-corrected chi connectivity index (χ0v) is 15.4. The maximum atomic E-state index is 12.6. The number of fused-ring (bicyclic) bond motifs is 1. The first kappa shape index (κ1) is 17.0. The minimum atomic E-state index is -0.807. The van der Waals surface area contributed by atoms with Crippen LogP contribution in [0.2, 0.25) is 0 Å². The fraction of sp³-hybridized carbons (Fsp3) is 0.294. The summed E-state index contributed by atoms with van der Waals surface area (Å²) >= 11 is 2.94. The molecule has 0 radical (unpaired) electrons. The molecule has 0 N–H and O–H groups in total. The smallest absolute Gasteiger partial charge is 0.339 e. The van der Waals surface area contributed by atoms with Crippen LogP contribution in [-0.4, -0.2) is 44.3 Å². The van der Waals surface area contributed by atoms with Crippen molar-refractivity contribution < 1.29 is 19.1 Å². The van der Waals surface area contributed by atoms with Gasteiger partial charge in [0.05, 0.1) is 31.1 Å². The highest BCUT2D eigenvalue weighted by molar-refractivity contribution is 8.03. The van der Waals surface area contributed by atoms with Crippen LogP contribution in [0.3, 0.4) is 0 Å². The molecule has 24 heavy (non-hydrogen) atoms. The van der Waals surface area contributed by atoms with E-state index in [9.17, 15) is 9.59 Å². The van der Waals surface area contributed by atoms with E-state index in [0.717, 1.165) is 15.5 Å². The standard InChI is InChI=1S/C17H17NO4S2/c1-18-10-7-5-6-8-11(10)24-17(18)9-12(23-4)13(15(19)21-2)14(17)16(20)22-3/h5-9H,1-4H3. The number of carbonyl (C=O) groups is 2. The van der Waals surface area contributed by atoms with Gasteiger partial charge in [0.2, 0.25) is 0 Å². The van der Waals surface area contributed by atoms with Gasteiger partial charge in [0, 0.05) is 16.8 Å². The summed E-state index contributed by atoms with van der Waals surface area (Å²) in [6, 6.07) is 7.90. The molecule has 1 aromatic carbocycles. The van der Waals surface area contributed by atoms with Gasteiger partial charge in [0.1, 0.15) is 4.87 Å². The molecule has 1 aliphatic heterocycles. The lowest BCUT2D eigenvalue weighted by molar-refractivity contribution is -0.139. The molecule has 0 fully saturated rings. The number of benzene rings is 1. The minimum absolute atomic E-state index is 0.281. The van der Waals surface area contributed by atoms with Crippen LogP contribution in [-0.2, 0) is 19.1 Å². The molecule has 1 aromatic rings. The molecule has 1 spiro atoms. The molecule has 0 saturated carbocycles. The number of rotatable bonds is 3. The predicted molar refractivity (Wildman–Crippen MR) is 96.1 cm³/mol. The van der Waals surface area contributed by atoms with Crippen molar-refractivity contribution in [3.63, 3.8) is 0 Å². The molecule has 1 aliphatic carbocycles. The van der Waals surface area contributed by atoms with E-state index in [2.05, 4.69) is 0 Å². The topological polar surface area (TPSA) is 55.8 Å². The van der Waals surface area contributed by atoms with Crippen molar-refractivity contribution in [1.82, 2.24) is 0 Å². The summed E-state index contributed by atoms with van der Waals surface area (Å²) in [5, 5.41) is 0. The second-order valence-electron chi connectivity index (χ2n) is 5.27. The van der Waals surface area contributed by atoms with Crippen LogP contribution in [0.15, 0.2) is 51.3 Å². The highest BCUT2D eigenvalue weighted by Crippen LogP contribution is 2.58. The maximum Gasteiger partial charge on any atom is 0.339 e. The third-order valence-corrected chi connectivity index (χ3v) is 6.40. The number of ether oxygens (including phenoxy) is 2. The fourth-order valence-electron chi connectivity index (χ4n) is 3.02.